The Morgan fingerprint density at radius 3 is 3.00 bits per heavy atom. The summed E-state index contributed by atoms with van der Waals surface area (Å²) in [5.74, 6) is 1.75. The minimum Gasteiger partial charge on any atom is -0.341 e. The first-order chi connectivity index (χ1) is 7.84. The highest BCUT2D eigenvalue weighted by Crippen LogP contribution is 2.28. The molecule has 1 saturated heterocycles. The van der Waals surface area contributed by atoms with Gasteiger partial charge in [-0.25, -0.2) is 4.98 Å². The largest absolute Gasteiger partial charge is 0.341 e. The number of imidazole rings is 1. The number of fused-ring (bicyclic) bond motifs is 1. The average molecular weight is 215 g/mol. The zero-order valence-corrected chi connectivity index (χ0v) is 9.53. The lowest BCUT2D eigenvalue weighted by atomic mass is 9.92. The van der Waals surface area contributed by atoms with Crippen LogP contribution in [0.5, 0.6) is 0 Å². The number of para-hydroxylation sites is 2. The van der Waals surface area contributed by atoms with Crippen molar-refractivity contribution in [3.8, 4) is 0 Å². The Hall–Kier alpha value is -1.35. The van der Waals surface area contributed by atoms with Crippen molar-refractivity contribution in [3.63, 3.8) is 0 Å². The van der Waals surface area contributed by atoms with Crippen molar-refractivity contribution in [2.75, 3.05) is 6.54 Å². The first-order valence-electron chi connectivity index (χ1n) is 6.02. The third-order valence-corrected chi connectivity index (χ3v) is 3.47. The Labute approximate surface area is 95.3 Å². The summed E-state index contributed by atoms with van der Waals surface area (Å²) in [6, 6.07) is 8.61. The van der Waals surface area contributed by atoms with Crippen LogP contribution < -0.4 is 5.32 Å². The maximum absolute atomic E-state index is 4.67. The van der Waals surface area contributed by atoms with Crippen LogP contribution in [0, 0.1) is 5.92 Å². The predicted octanol–water partition coefficient (Wildman–Crippen LogP) is 2.62. The van der Waals surface area contributed by atoms with Crippen molar-refractivity contribution in [1.29, 1.82) is 0 Å². The zero-order chi connectivity index (χ0) is 11.0. The topological polar surface area (TPSA) is 40.7 Å². The minimum atomic E-state index is 0.390. The molecule has 1 aliphatic heterocycles. The quantitative estimate of drug-likeness (QED) is 0.767. The number of rotatable bonds is 1. The van der Waals surface area contributed by atoms with Gasteiger partial charge in [0.2, 0.25) is 0 Å². The van der Waals surface area contributed by atoms with Crippen LogP contribution in [0.15, 0.2) is 24.3 Å². The van der Waals surface area contributed by atoms with E-state index in [-0.39, 0.29) is 0 Å². The molecule has 2 heterocycles. The standard InChI is InChI=1S/C13H17N3/c1-9-5-4-8-14-12(9)13-15-10-6-2-3-7-11(10)16-13/h2-3,6-7,9,12,14H,4-5,8H2,1H3,(H,15,16). The summed E-state index contributed by atoms with van der Waals surface area (Å²) in [5.41, 5.74) is 2.20. The number of nitrogens with zero attached hydrogens (tertiary/aromatic N) is 1. The Morgan fingerprint density at radius 1 is 1.31 bits per heavy atom. The normalized spacial score (nSPS) is 26.1. The van der Waals surface area contributed by atoms with Crippen LogP contribution in [0.1, 0.15) is 31.6 Å². The third kappa shape index (κ3) is 1.61. The molecule has 0 amide bonds. The molecule has 2 aromatic rings. The second kappa shape index (κ2) is 3.91. The van der Waals surface area contributed by atoms with E-state index >= 15 is 0 Å². The van der Waals surface area contributed by atoms with Crippen LogP contribution >= 0.6 is 0 Å². The van der Waals surface area contributed by atoms with E-state index in [0.717, 1.165) is 23.4 Å². The third-order valence-electron chi connectivity index (χ3n) is 3.47. The summed E-state index contributed by atoms with van der Waals surface area (Å²) in [7, 11) is 0. The van der Waals surface area contributed by atoms with Crippen LogP contribution in [-0.4, -0.2) is 16.5 Å². The van der Waals surface area contributed by atoms with Gasteiger partial charge in [-0.1, -0.05) is 19.1 Å². The molecule has 0 saturated carbocycles. The van der Waals surface area contributed by atoms with Gasteiger partial charge in [0.25, 0.3) is 0 Å². The van der Waals surface area contributed by atoms with Gasteiger partial charge >= 0.3 is 0 Å². The van der Waals surface area contributed by atoms with Gasteiger partial charge in [0.05, 0.1) is 17.1 Å². The van der Waals surface area contributed by atoms with Crippen LogP contribution in [0.3, 0.4) is 0 Å². The van der Waals surface area contributed by atoms with Gasteiger partial charge in [-0.15, -0.1) is 0 Å². The van der Waals surface area contributed by atoms with E-state index in [0.29, 0.717) is 12.0 Å². The molecule has 84 valence electrons. The molecule has 3 nitrogen and oxygen atoms in total. The number of hydrogen-bond donors (Lipinski definition) is 2. The molecule has 0 radical (unpaired) electrons. The van der Waals surface area contributed by atoms with Gasteiger partial charge in [-0.2, -0.15) is 0 Å². The number of aromatic amines is 1. The Kier molecular flexibility index (Phi) is 2.40. The molecule has 1 aliphatic rings. The summed E-state index contributed by atoms with van der Waals surface area (Å²) in [4.78, 5) is 8.09. The minimum absolute atomic E-state index is 0.390. The van der Waals surface area contributed by atoms with E-state index in [1.807, 2.05) is 12.1 Å². The van der Waals surface area contributed by atoms with Gasteiger partial charge < -0.3 is 10.3 Å². The van der Waals surface area contributed by atoms with Crippen LogP contribution in [-0.2, 0) is 0 Å². The lowest BCUT2D eigenvalue weighted by Gasteiger charge is -2.28. The fourth-order valence-corrected chi connectivity index (χ4v) is 2.54. The molecular weight excluding hydrogens is 198 g/mol. The first kappa shape index (κ1) is 9.85. The number of piperidine rings is 1. The molecule has 0 aliphatic carbocycles. The molecule has 0 bridgehead atoms. The molecule has 1 aromatic heterocycles. The number of aromatic nitrogens is 2. The Bertz CT molecular complexity index is 456. The Balaban J connectivity index is 1.98. The second-order valence-corrected chi connectivity index (χ2v) is 4.69. The molecule has 2 atom stereocenters. The molecule has 0 spiro atoms. The van der Waals surface area contributed by atoms with Crippen LogP contribution in [0.4, 0.5) is 0 Å². The molecule has 1 fully saturated rings. The molecule has 3 heteroatoms. The Morgan fingerprint density at radius 2 is 2.19 bits per heavy atom. The highest BCUT2D eigenvalue weighted by molar-refractivity contribution is 5.74. The second-order valence-electron chi connectivity index (χ2n) is 4.69. The van der Waals surface area contributed by atoms with Crippen LogP contribution in [0.25, 0.3) is 11.0 Å². The number of nitrogens with one attached hydrogen (secondary N) is 2. The highest BCUT2D eigenvalue weighted by atomic mass is 15.0. The monoisotopic (exact) mass is 215 g/mol. The predicted molar refractivity (Wildman–Crippen MR) is 65.2 cm³/mol. The fourth-order valence-electron chi connectivity index (χ4n) is 2.54. The van der Waals surface area contributed by atoms with Gasteiger partial charge in [0.15, 0.2) is 0 Å². The SMILES string of the molecule is CC1CCCNC1c1nc2ccccc2[nH]1. The number of H-pyrrole nitrogens is 1. The zero-order valence-electron chi connectivity index (χ0n) is 9.53. The van der Waals surface area contributed by atoms with Gasteiger partial charge in [-0.3, -0.25) is 0 Å². The van der Waals surface area contributed by atoms with Crippen molar-refractivity contribution < 1.29 is 0 Å². The molecule has 16 heavy (non-hydrogen) atoms. The lowest BCUT2D eigenvalue weighted by Crippen LogP contribution is -2.33. The fraction of sp³-hybridized carbons (Fsp3) is 0.462. The van der Waals surface area contributed by atoms with E-state index in [9.17, 15) is 0 Å². The van der Waals surface area contributed by atoms with E-state index < -0.39 is 0 Å². The number of hydrogen-bond acceptors (Lipinski definition) is 2. The first-order valence-corrected chi connectivity index (χ1v) is 6.02. The van der Waals surface area contributed by atoms with Gasteiger partial charge in [-0.05, 0) is 37.4 Å². The van der Waals surface area contributed by atoms with E-state index in [1.54, 1.807) is 0 Å². The van der Waals surface area contributed by atoms with E-state index in [4.69, 9.17) is 0 Å². The summed E-state index contributed by atoms with van der Waals surface area (Å²) in [5, 5.41) is 3.55. The van der Waals surface area contributed by atoms with Crippen LogP contribution in [0.2, 0.25) is 0 Å². The summed E-state index contributed by atoms with van der Waals surface area (Å²) in [6.45, 7) is 3.40. The van der Waals surface area contributed by atoms with Crippen molar-refractivity contribution in [1.82, 2.24) is 15.3 Å². The molecule has 3 rings (SSSR count). The van der Waals surface area contributed by atoms with Crippen molar-refractivity contribution in [2.24, 2.45) is 5.92 Å². The van der Waals surface area contributed by atoms with Crippen molar-refractivity contribution in [2.45, 2.75) is 25.8 Å². The summed E-state index contributed by atoms with van der Waals surface area (Å²) >= 11 is 0. The molecule has 2 unspecified atom stereocenters. The highest BCUT2D eigenvalue weighted by Gasteiger charge is 2.24. The maximum atomic E-state index is 4.67. The van der Waals surface area contributed by atoms with Crippen molar-refractivity contribution in [3.05, 3.63) is 30.1 Å². The lowest BCUT2D eigenvalue weighted by molar-refractivity contribution is 0.296. The molecule has 2 N–H and O–H groups in total. The average Bonchev–Trinajstić information content (AvgIpc) is 2.73. The number of benzene rings is 1. The summed E-state index contributed by atoms with van der Waals surface area (Å²) < 4.78 is 0. The van der Waals surface area contributed by atoms with E-state index in [2.05, 4.69) is 34.3 Å². The van der Waals surface area contributed by atoms with Gasteiger partial charge in [0, 0.05) is 0 Å². The maximum Gasteiger partial charge on any atom is 0.124 e. The summed E-state index contributed by atoms with van der Waals surface area (Å²) in [6.07, 6.45) is 2.56. The van der Waals surface area contributed by atoms with Crippen molar-refractivity contribution >= 4 is 11.0 Å². The van der Waals surface area contributed by atoms with E-state index in [1.165, 1.54) is 12.8 Å². The molecule has 1 aromatic carbocycles. The smallest absolute Gasteiger partial charge is 0.124 e. The molecular formula is C13H17N3. The van der Waals surface area contributed by atoms with Gasteiger partial charge in [0.1, 0.15) is 5.82 Å².